The summed E-state index contributed by atoms with van der Waals surface area (Å²) in [6.45, 7) is 2.07. The number of benzene rings is 2. The zero-order valence-electron chi connectivity index (χ0n) is 16.7. The lowest BCUT2D eigenvalue weighted by molar-refractivity contribution is 0.182. The Morgan fingerprint density at radius 2 is 1.71 bits per heavy atom. The van der Waals surface area contributed by atoms with Crippen molar-refractivity contribution in [2.24, 2.45) is 0 Å². The number of ether oxygens (including phenoxy) is 1. The predicted octanol–water partition coefficient (Wildman–Crippen LogP) is 3.61. The summed E-state index contributed by atoms with van der Waals surface area (Å²) in [6, 6.07) is 11.4. The number of fused-ring (bicyclic) bond motifs is 1. The van der Waals surface area contributed by atoms with Gasteiger partial charge in [0.2, 0.25) is 10.0 Å². The van der Waals surface area contributed by atoms with Gasteiger partial charge in [-0.2, -0.15) is 4.31 Å². The van der Waals surface area contributed by atoms with Gasteiger partial charge in [-0.1, -0.05) is 29.3 Å². The summed E-state index contributed by atoms with van der Waals surface area (Å²) in [5, 5.41) is 1.03. The zero-order valence-corrected chi connectivity index (χ0v) is 19.0. The highest BCUT2D eigenvalue weighted by Crippen LogP contribution is 2.32. The van der Waals surface area contributed by atoms with Gasteiger partial charge in [0.25, 0.3) is 0 Å². The molecule has 3 aromatic rings. The van der Waals surface area contributed by atoms with Gasteiger partial charge in [0, 0.05) is 50.2 Å². The van der Waals surface area contributed by atoms with Crippen LogP contribution < -0.4 is 10.4 Å². The fraction of sp³-hybridized carbons (Fsp3) is 0.286. The van der Waals surface area contributed by atoms with Gasteiger partial charge >= 0.3 is 5.63 Å². The molecule has 164 valence electrons. The number of sulfonamides is 1. The molecule has 0 amide bonds. The molecule has 1 fully saturated rings. The highest BCUT2D eigenvalue weighted by atomic mass is 35.5. The maximum Gasteiger partial charge on any atom is 0.336 e. The molecule has 10 heteroatoms. The molecule has 0 unspecified atom stereocenters. The summed E-state index contributed by atoms with van der Waals surface area (Å²) in [5.74, 6) is 0.602. The van der Waals surface area contributed by atoms with Gasteiger partial charge in [-0.25, -0.2) is 13.2 Å². The van der Waals surface area contributed by atoms with E-state index in [2.05, 4.69) is 4.90 Å². The molecule has 0 aliphatic carbocycles. The summed E-state index contributed by atoms with van der Waals surface area (Å²) in [5.41, 5.74) is 0.834. The van der Waals surface area contributed by atoms with Crippen LogP contribution in [0.1, 0.15) is 5.56 Å². The van der Waals surface area contributed by atoms with E-state index in [0.29, 0.717) is 31.0 Å². The zero-order chi connectivity index (χ0) is 22.2. The Labute approximate surface area is 189 Å². The molecule has 0 spiro atoms. The Bertz CT molecular complexity index is 1260. The van der Waals surface area contributed by atoms with Crippen molar-refractivity contribution in [2.45, 2.75) is 11.4 Å². The van der Waals surface area contributed by atoms with Gasteiger partial charge in [-0.05, 0) is 29.8 Å². The molecular weight excluding hydrogens is 463 g/mol. The number of halogens is 2. The van der Waals surface area contributed by atoms with Crippen LogP contribution in [0.15, 0.2) is 56.6 Å². The van der Waals surface area contributed by atoms with E-state index in [1.54, 1.807) is 19.2 Å². The van der Waals surface area contributed by atoms with E-state index in [9.17, 15) is 13.2 Å². The topological polar surface area (TPSA) is 80.1 Å². The number of nitrogens with zero attached hydrogens (tertiary/aromatic N) is 2. The average Bonchev–Trinajstić information content (AvgIpc) is 2.73. The smallest absolute Gasteiger partial charge is 0.336 e. The highest BCUT2D eigenvalue weighted by Gasteiger charge is 2.32. The molecule has 31 heavy (non-hydrogen) atoms. The normalized spacial score (nSPS) is 16.0. The average molecular weight is 483 g/mol. The molecule has 7 nitrogen and oxygen atoms in total. The summed E-state index contributed by atoms with van der Waals surface area (Å²) in [6.07, 6.45) is 0. The maximum atomic E-state index is 13.0. The van der Waals surface area contributed by atoms with Crippen molar-refractivity contribution in [3.63, 3.8) is 0 Å². The van der Waals surface area contributed by atoms with Crippen LogP contribution >= 0.6 is 23.2 Å². The van der Waals surface area contributed by atoms with Gasteiger partial charge in [0.05, 0.1) is 17.2 Å². The van der Waals surface area contributed by atoms with Crippen molar-refractivity contribution in [1.82, 2.24) is 9.21 Å². The van der Waals surface area contributed by atoms with E-state index in [0.717, 1.165) is 10.9 Å². The number of hydrogen-bond donors (Lipinski definition) is 0. The predicted molar refractivity (Wildman–Crippen MR) is 120 cm³/mol. The fourth-order valence-electron chi connectivity index (χ4n) is 3.69. The van der Waals surface area contributed by atoms with Crippen LogP contribution in [-0.2, 0) is 16.6 Å². The van der Waals surface area contributed by atoms with Crippen molar-refractivity contribution in [2.75, 3.05) is 33.3 Å². The molecule has 1 aliphatic heterocycles. The molecule has 1 aromatic heterocycles. The Hall–Kier alpha value is -2.10. The molecule has 1 saturated heterocycles. The monoisotopic (exact) mass is 482 g/mol. The van der Waals surface area contributed by atoms with Gasteiger partial charge in [-0.15, -0.1) is 0 Å². The second-order valence-corrected chi connectivity index (χ2v) is 9.87. The SMILES string of the molecule is COc1ccc2c(CN3CCN(S(=O)(=O)c4c(Cl)cccc4Cl)CC3)cc(=O)oc2c1. The molecule has 0 atom stereocenters. The minimum atomic E-state index is -3.80. The minimum Gasteiger partial charge on any atom is -0.497 e. The summed E-state index contributed by atoms with van der Waals surface area (Å²) in [4.78, 5) is 14.0. The first-order valence-corrected chi connectivity index (χ1v) is 11.8. The Morgan fingerprint density at radius 3 is 2.35 bits per heavy atom. The fourth-order valence-corrected chi connectivity index (χ4v) is 6.21. The van der Waals surface area contributed by atoms with Crippen LogP contribution in [0.4, 0.5) is 0 Å². The Balaban J connectivity index is 1.52. The third-order valence-electron chi connectivity index (χ3n) is 5.28. The van der Waals surface area contributed by atoms with Crippen molar-refractivity contribution in [1.29, 1.82) is 0 Å². The lowest BCUT2D eigenvalue weighted by Gasteiger charge is -2.34. The van der Waals surface area contributed by atoms with Crippen LogP contribution in [0.25, 0.3) is 11.0 Å². The molecule has 4 rings (SSSR count). The van der Waals surface area contributed by atoms with E-state index in [-0.39, 0.29) is 28.0 Å². The van der Waals surface area contributed by atoms with Crippen molar-refractivity contribution in [3.8, 4) is 5.75 Å². The van der Waals surface area contributed by atoms with Crippen LogP contribution in [0.3, 0.4) is 0 Å². The second kappa shape index (κ2) is 8.80. The third kappa shape index (κ3) is 4.44. The van der Waals surface area contributed by atoms with Crippen molar-refractivity contribution >= 4 is 44.2 Å². The first kappa shape index (κ1) is 22.1. The largest absolute Gasteiger partial charge is 0.497 e. The van der Waals surface area contributed by atoms with Crippen molar-refractivity contribution < 1.29 is 17.6 Å². The Kier molecular flexibility index (Phi) is 6.27. The summed E-state index contributed by atoms with van der Waals surface area (Å²) < 4.78 is 38.0. The molecule has 0 saturated carbocycles. The van der Waals surface area contributed by atoms with Gasteiger partial charge in [-0.3, -0.25) is 4.90 Å². The summed E-state index contributed by atoms with van der Waals surface area (Å²) >= 11 is 12.2. The molecule has 1 aliphatic rings. The molecule has 2 heterocycles. The van der Waals surface area contributed by atoms with Gasteiger partial charge in [0.15, 0.2) is 0 Å². The van der Waals surface area contributed by atoms with E-state index in [4.69, 9.17) is 32.4 Å². The van der Waals surface area contributed by atoms with Gasteiger partial charge in [0.1, 0.15) is 16.2 Å². The van der Waals surface area contributed by atoms with E-state index >= 15 is 0 Å². The molecular formula is C21H20Cl2N2O5S. The lowest BCUT2D eigenvalue weighted by atomic mass is 10.1. The number of rotatable bonds is 5. The van der Waals surface area contributed by atoms with Crippen molar-refractivity contribution in [3.05, 3.63) is 68.5 Å². The van der Waals surface area contributed by atoms with E-state index < -0.39 is 15.6 Å². The van der Waals surface area contributed by atoms with Gasteiger partial charge < -0.3 is 9.15 Å². The standard InChI is InChI=1S/C21H20Cl2N2O5S/c1-29-15-5-6-16-14(11-20(26)30-19(16)12-15)13-24-7-9-25(10-8-24)31(27,28)21-17(22)3-2-4-18(21)23/h2-6,11-12H,7-10,13H2,1H3. The van der Waals surface area contributed by atoms with Crippen LogP contribution in [-0.4, -0.2) is 50.9 Å². The van der Waals surface area contributed by atoms with E-state index in [1.165, 1.54) is 22.5 Å². The molecule has 0 N–H and O–H groups in total. The maximum absolute atomic E-state index is 13.0. The lowest BCUT2D eigenvalue weighted by Crippen LogP contribution is -2.48. The molecule has 0 radical (unpaired) electrons. The highest BCUT2D eigenvalue weighted by molar-refractivity contribution is 7.89. The number of hydrogen-bond acceptors (Lipinski definition) is 6. The minimum absolute atomic E-state index is 0.0626. The van der Waals surface area contributed by atoms with E-state index in [1.807, 2.05) is 12.1 Å². The quantitative estimate of drug-likeness (QED) is 0.516. The van der Waals surface area contributed by atoms with Crippen LogP contribution in [0.2, 0.25) is 10.0 Å². The third-order valence-corrected chi connectivity index (χ3v) is 8.13. The Morgan fingerprint density at radius 1 is 1.03 bits per heavy atom. The van der Waals surface area contributed by atoms with Crippen LogP contribution in [0.5, 0.6) is 5.75 Å². The second-order valence-electron chi connectivity index (χ2n) is 7.18. The number of piperazine rings is 1. The first-order chi connectivity index (χ1) is 14.8. The first-order valence-electron chi connectivity index (χ1n) is 9.57. The van der Waals surface area contributed by atoms with Crippen LogP contribution in [0, 0.1) is 0 Å². The number of methoxy groups -OCH3 is 1. The summed E-state index contributed by atoms with van der Waals surface area (Å²) in [7, 11) is -2.26. The molecule has 2 aromatic carbocycles. The molecule has 0 bridgehead atoms.